The zero-order valence-electron chi connectivity index (χ0n) is 15.1. The Labute approximate surface area is 149 Å². The van der Waals surface area contributed by atoms with Crippen LogP contribution in [0.5, 0.6) is 5.75 Å². The van der Waals surface area contributed by atoms with Crippen molar-refractivity contribution in [2.24, 2.45) is 0 Å². The molecule has 0 fully saturated rings. The molecule has 0 aliphatic heterocycles. The number of hydrogen-bond acceptors (Lipinski definition) is 3. The van der Waals surface area contributed by atoms with Gasteiger partial charge in [-0.2, -0.15) is 0 Å². The number of hydrogen-bond donors (Lipinski definition) is 2. The predicted octanol–water partition coefficient (Wildman–Crippen LogP) is 4.50. The van der Waals surface area contributed by atoms with Crippen molar-refractivity contribution in [1.29, 1.82) is 0 Å². The first-order chi connectivity index (χ1) is 12.3. The molecule has 2 aromatic carbocycles. The quantitative estimate of drug-likeness (QED) is 0.604. The van der Waals surface area contributed by atoms with Crippen LogP contribution in [0, 0.1) is 0 Å². The van der Waals surface area contributed by atoms with E-state index < -0.39 is 0 Å². The standard InChI is InChI=1S/C21H27N3O/c1-3-24(4-2)12-13-25-21-16-23-20-11-10-18(14-19(20)21)22-15-17-8-6-5-7-9-17/h5-11,14,16,22-23H,3-4,12-13,15H2,1-2H3. The van der Waals surface area contributed by atoms with Crippen molar-refractivity contribution in [3.05, 3.63) is 60.3 Å². The smallest absolute Gasteiger partial charge is 0.144 e. The summed E-state index contributed by atoms with van der Waals surface area (Å²) in [6.45, 7) is 8.94. The van der Waals surface area contributed by atoms with Gasteiger partial charge in [-0.15, -0.1) is 0 Å². The lowest BCUT2D eigenvalue weighted by Crippen LogP contribution is -2.27. The maximum atomic E-state index is 6.01. The number of aromatic nitrogens is 1. The molecule has 1 aromatic heterocycles. The van der Waals surface area contributed by atoms with Crippen LogP contribution in [0.2, 0.25) is 0 Å². The third-order valence-electron chi connectivity index (χ3n) is 4.54. The molecule has 0 radical (unpaired) electrons. The average molecular weight is 337 g/mol. The molecule has 3 rings (SSSR count). The Hall–Kier alpha value is -2.46. The number of benzene rings is 2. The van der Waals surface area contributed by atoms with Gasteiger partial charge in [0.2, 0.25) is 0 Å². The van der Waals surface area contributed by atoms with Gasteiger partial charge in [0.15, 0.2) is 0 Å². The van der Waals surface area contributed by atoms with Crippen molar-refractivity contribution < 1.29 is 4.74 Å². The minimum atomic E-state index is 0.705. The Morgan fingerprint density at radius 3 is 2.60 bits per heavy atom. The van der Waals surface area contributed by atoms with Gasteiger partial charge >= 0.3 is 0 Å². The molecular weight excluding hydrogens is 310 g/mol. The van der Waals surface area contributed by atoms with Crippen LogP contribution in [-0.2, 0) is 6.54 Å². The second-order valence-electron chi connectivity index (χ2n) is 6.13. The number of fused-ring (bicyclic) bond motifs is 1. The monoisotopic (exact) mass is 337 g/mol. The van der Waals surface area contributed by atoms with Crippen LogP contribution in [0.4, 0.5) is 5.69 Å². The highest BCUT2D eigenvalue weighted by atomic mass is 16.5. The van der Waals surface area contributed by atoms with Gasteiger partial charge in [-0.05, 0) is 36.9 Å². The van der Waals surface area contributed by atoms with E-state index in [1.54, 1.807) is 0 Å². The van der Waals surface area contributed by atoms with Crippen LogP contribution in [0.25, 0.3) is 10.9 Å². The van der Waals surface area contributed by atoms with Gasteiger partial charge in [0.05, 0.1) is 0 Å². The van der Waals surface area contributed by atoms with E-state index in [1.807, 2.05) is 12.3 Å². The van der Waals surface area contributed by atoms with Gasteiger partial charge in [-0.1, -0.05) is 44.2 Å². The van der Waals surface area contributed by atoms with Gasteiger partial charge in [-0.3, -0.25) is 0 Å². The number of nitrogens with one attached hydrogen (secondary N) is 2. The van der Waals surface area contributed by atoms with E-state index in [4.69, 9.17) is 4.74 Å². The SMILES string of the molecule is CCN(CC)CCOc1c[nH]c2ccc(NCc3ccccc3)cc12. The molecule has 2 N–H and O–H groups in total. The summed E-state index contributed by atoms with van der Waals surface area (Å²) in [6, 6.07) is 16.8. The fourth-order valence-electron chi connectivity index (χ4n) is 2.95. The summed E-state index contributed by atoms with van der Waals surface area (Å²) in [6.07, 6.45) is 1.95. The molecule has 132 valence electrons. The molecule has 0 atom stereocenters. The van der Waals surface area contributed by atoms with Crippen molar-refractivity contribution in [3.8, 4) is 5.75 Å². The molecular formula is C21H27N3O. The molecule has 0 bridgehead atoms. The van der Waals surface area contributed by atoms with Crippen LogP contribution in [0.1, 0.15) is 19.4 Å². The molecule has 25 heavy (non-hydrogen) atoms. The van der Waals surface area contributed by atoms with E-state index in [2.05, 4.69) is 71.5 Å². The second kappa shape index (κ2) is 8.58. The highest BCUT2D eigenvalue weighted by Gasteiger charge is 2.07. The maximum absolute atomic E-state index is 6.01. The molecule has 0 saturated heterocycles. The molecule has 4 nitrogen and oxygen atoms in total. The van der Waals surface area contributed by atoms with Gasteiger partial charge in [-0.25, -0.2) is 0 Å². The molecule has 0 aliphatic carbocycles. The van der Waals surface area contributed by atoms with Crippen molar-refractivity contribution in [3.63, 3.8) is 0 Å². The normalized spacial score (nSPS) is 11.2. The number of rotatable bonds is 9. The third-order valence-corrected chi connectivity index (χ3v) is 4.54. The van der Waals surface area contributed by atoms with Crippen molar-refractivity contribution >= 4 is 16.6 Å². The first kappa shape index (κ1) is 17.4. The Morgan fingerprint density at radius 1 is 1.04 bits per heavy atom. The number of nitrogens with zero attached hydrogens (tertiary/aromatic N) is 1. The lowest BCUT2D eigenvalue weighted by atomic mass is 10.2. The molecule has 1 heterocycles. The fraction of sp³-hybridized carbons (Fsp3) is 0.333. The van der Waals surface area contributed by atoms with Crippen molar-refractivity contribution in [1.82, 2.24) is 9.88 Å². The van der Waals surface area contributed by atoms with Crippen molar-refractivity contribution in [2.75, 3.05) is 31.6 Å². The summed E-state index contributed by atoms with van der Waals surface area (Å²) in [5, 5.41) is 4.61. The van der Waals surface area contributed by atoms with Crippen LogP contribution >= 0.6 is 0 Å². The largest absolute Gasteiger partial charge is 0.490 e. The summed E-state index contributed by atoms with van der Waals surface area (Å²) >= 11 is 0. The van der Waals surface area contributed by atoms with Gasteiger partial charge in [0.1, 0.15) is 12.4 Å². The first-order valence-electron chi connectivity index (χ1n) is 9.04. The Bertz CT molecular complexity index is 778. The molecule has 4 heteroatoms. The molecule has 0 aliphatic rings. The number of ether oxygens (including phenoxy) is 1. The van der Waals surface area contributed by atoms with Gasteiger partial charge in [0, 0.05) is 35.9 Å². The number of likely N-dealkylation sites (N-methyl/N-ethyl adjacent to an activating group) is 1. The van der Waals surface area contributed by atoms with E-state index in [0.29, 0.717) is 6.61 Å². The highest BCUT2D eigenvalue weighted by Crippen LogP contribution is 2.28. The van der Waals surface area contributed by atoms with Gasteiger partial charge < -0.3 is 19.9 Å². The van der Waals surface area contributed by atoms with Crippen molar-refractivity contribution in [2.45, 2.75) is 20.4 Å². The van der Waals surface area contributed by atoms with E-state index in [-0.39, 0.29) is 0 Å². The van der Waals surface area contributed by atoms with Crippen LogP contribution in [0.3, 0.4) is 0 Å². The lowest BCUT2D eigenvalue weighted by molar-refractivity contribution is 0.224. The Morgan fingerprint density at radius 2 is 1.84 bits per heavy atom. The van der Waals surface area contributed by atoms with Crippen LogP contribution < -0.4 is 10.1 Å². The summed E-state index contributed by atoms with van der Waals surface area (Å²) in [7, 11) is 0. The van der Waals surface area contributed by atoms with E-state index >= 15 is 0 Å². The lowest BCUT2D eigenvalue weighted by Gasteiger charge is -2.17. The minimum absolute atomic E-state index is 0.705. The summed E-state index contributed by atoms with van der Waals surface area (Å²) in [5.74, 6) is 0.922. The Kier molecular flexibility index (Phi) is 5.96. The number of anilines is 1. The zero-order valence-corrected chi connectivity index (χ0v) is 15.1. The average Bonchev–Trinajstić information content (AvgIpc) is 3.07. The Balaban J connectivity index is 1.64. The van der Waals surface area contributed by atoms with Crippen LogP contribution in [0.15, 0.2) is 54.7 Å². The molecule has 0 spiro atoms. The molecule has 0 amide bonds. The minimum Gasteiger partial charge on any atom is -0.490 e. The predicted molar refractivity (Wildman–Crippen MR) is 105 cm³/mol. The van der Waals surface area contributed by atoms with E-state index in [1.165, 1.54) is 5.56 Å². The number of H-pyrrole nitrogens is 1. The molecule has 3 aromatic rings. The van der Waals surface area contributed by atoms with E-state index in [0.717, 1.165) is 48.5 Å². The topological polar surface area (TPSA) is 40.3 Å². The van der Waals surface area contributed by atoms with Gasteiger partial charge in [0.25, 0.3) is 0 Å². The highest BCUT2D eigenvalue weighted by molar-refractivity contribution is 5.89. The molecule has 0 saturated carbocycles. The second-order valence-corrected chi connectivity index (χ2v) is 6.13. The third kappa shape index (κ3) is 4.54. The maximum Gasteiger partial charge on any atom is 0.144 e. The first-order valence-corrected chi connectivity index (χ1v) is 9.04. The fourth-order valence-corrected chi connectivity index (χ4v) is 2.95. The number of aromatic amines is 1. The zero-order chi connectivity index (χ0) is 17.5. The van der Waals surface area contributed by atoms with Crippen LogP contribution in [-0.4, -0.2) is 36.1 Å². The summed E-state index contributed by atoms with van der Waals surface area (Å²) in [4.78, 5) is 5.65. The molecule has 0 unspecified atom stereocenters. The summed E-state index contributed by atoms with van der Waals surface area (Å²) < 4.78 is 6.01. The van der Waals surface area contributed by atoms with E-state index in [9.17, 15) is 0 Å². The summed E-state index contributed by atoms with van der Waals surface area (Å²) in [5.41, 5.74) is 3.47.